The Labute approximate surface area is 121 Å². The number of carbonyl (C=O) groups is 1. The van der Waals surface area contributed by atoms with Crippen LogP contribution in [0.2, 0.25) is 0 Å². The molecule has 1 aliphatic rings. The summed E-state index contributed by atoms with van der Waals surface area (Å²) >= 11 is 0. The normalized spacial score (nSPS) is 17.8. The van der Waals surface area contributed by atoms with Crippen molar-refractivity contribution < 1.29 is 4.79 Å². The Morgan fingerprint density at radius 3 is 3.00 bits per heavy atom. The molecule has 3 N–H and O–H groups in total. The van der Waals surface area contributed by atoms with Gasteiger partial charge in [0.15, 0.2) is 5.82 Å². The molecule has 0 fully saturated rings. The molecule has 0 saturated carbocycles. The summed E-state index contributed by atoms with van der Waals surface area (Å²) in [6.45, 7) is 2.07. The van der Waals surface area contributed by atoms with Crippen molar-refractivity contribution >= 4 is 22.8 Å². The quantitative estimate of drug-likeness (QED) is 0.673. The Hall–Kier alpha value is -2.63. The van der Waals surface area contributed by atoms with E-state index in [2.05, 4.69) is 32.4 Å². The number of anilines is 1. The molecule has 6 heteroatoms. The first-order valence-corrected chi connectivity index (χ1v) is 7.08. The number of nitrogens with zero attached hydrogens (tertiary/aromatic N) is 2. The highest BCUT2D eigenvalue weighted by atomic mass is 16.1. The number of nitrogens with one attached hydrogen (secondary N) is 3. The van der Waals surface area contributed by atoms with Crippen LogP contribution in [-0.2, 0) is 11.2 Å². The molecule has 1 aromatic carbocycles. The van der Waals surface area contributed by atoms with Crippen LogP contribution in [0, 0.1) is 0 Å². The molecule has 0 spiro atoms. The molecule has 6 nitrogen and oxygen atoms in total. The number of hydrogen-bond donors (Lipinski definition) is 3. The van der Waals surface area contributed by atoms with Crippen LogP contribution >= 0.6 is 0 Å². The molecule has 0 radical (unpaired) electrons. The molecule has 0 bridgehead atoms. The van der Waals surface area contributed by atoms with Crippen LogP contribution in [0.4, 0.5) is 5.82 Å². The van der Waals surface area contributed by atoms with E-state index in [-0.39, 0.29) is 11.8 Å². The number of rotatable bonds is 2. The highest BCUT2D eigenvalue weighted by molar-refractivity contribution is 5.94. The van der Waals surface area contributed by atoms with E-state index < -0.39 is 0 Å². The molecule has 3 heterocycles. The summed E-state index contributed by atoms with van der Waals surface area (Å²) in [4.78, 5) is 19.9. The summed E-state index contributed by atoms with van der Waals surface area (Å²) in [6, 6.07) is 7.89. The second-order valence-corrected chi connectivity index (χ2v) is 5.26. The summed E-state index contributed by atoms with van der Waals surface area (Å²) in [7, 11) is 0. The maximum Gasteiger partial charge on any atom is 0.226 e. The van der Waals surface area contributed by atoms with E-state index in [1.807, 2.05) is 24.3 Å². The first-order valence-electron chi connectivity index (χ1n) is 7.08. The fourth-order valence-electron chi connectivity index (χ4n) is 2.97. The Balaban J connectivity index is 1.88. The SMILES string of the molecule is CCc1[nH]nc2c1C(c1nc3ccccc3[nH]1)CC(=O)N2. The van der Waals surface area contributed by atoms with Gasteiger partial charge in [0.05, 0.1) is 17.0 Å². The van der Waals surface area contributed by atoms with E-state index >= 15 is 0 Å². The molecular formula is C15H15N5O. The predicted molar refractivity (Wildman–Crippen MR) is 79.1 cm³/mol. The van der Waals surface area contributed by atoms with E-state index in [0.29, 0.717) is 12.2 Å². The zero-order chi connectivity index (χ0) is 14.4. The number of carbonyl (C=O) groups excluding carboxylic acids is 1. The minimum Gasteiger partial charge on any atom is -0.341 e. The molecule has 3 aromatic rings. The van der Waals surface area contributed by atoms with Crippen molar-refractivity contribution in [2.45, 2.75) is 25.7 Å². The van der Waals surface area contributed by atoms with Crippen molar-refractivity contribution in [3.63, 3.8) is 0 Å². The van der Waals surface area contributed by atoms with E-state index in [4.69, 9.17) is 0 Å². The third-order valence-corrected chi connectivity index (χ3v) is 3.97. The molecule has 2 aromatic heterocycles. The van der Waals surface area contributed by atoms with Crippen LogP contribution in [0.15, 0.2) is 24.3 Å². The van der Waals surface area contributed by atoms with Crippen molar-refractivity contribution in [1.29, 1.82) is 0 Å². The number of benzene rings is 1. The van der Waals surface area contributed by atoms with E-state index in [9.17, 15) is 4.79 Å². The number of aromatic nitrogens is 4. The number of fused-ring (bicyclic) bond motifs is 2. The van der Waals surface area contributed by atoms with Crippen LogP contribution < -0.4 is 5.32 Å². The molecule has 1 unspecified atom stereocenters. The molecule has 0 saturated heterocycles. The van der Waals surface area contributed by atoms with Crippen LogP contribution in [0.25, 0.3) is 11.0 Å². The number of amides is 1. The molecule has 0 aliphatic carbocycles. The van der Waals surface area contributed by atoms with Gasteiger partial charge in [-0.2, -0.15) is 5.10 Å². The van der Waals surface area contributed by atoms with Gasteiger partial charge >= 0.3 is 0 Å². The molecule has 1 aliphatic heterocycles. The first-order chi connectivity index (χ1) is 10.3. The van der Waals surface area contributed by atoms with Crippen molar-refractivity contribution in [1.82, 2.24) is 20.2 Å². The van der Waals surface area contributed by atoms with Gasteiger partial charge < -0.3 is 10.3 Å². The topological polar surface area (TPSA) is 86.5 Å². The number of aromatic amines is 2. The third kappa shape index (κ3) is 1.83. The summed E-state index contributed by atoms with van der Waals surface area (Å²) < 4.78 is 0. The highest BCUT2D eigenvalue weighted by Gasteiger charge is 2.32. The van der Waals surface area contributed by atoms with Gasteiger partial charge in [-0.25, -0.2) is 4.98 Å². The molecule has 106 valence electrons. The minimum atomic E-state index is -0.0742. The van der Waals surface area contributed by atoms with E-state index in [0.717, 1.165) is 34.5 Å². The Bertz CT molecular complexity index is 799. The fourth-order valence-corrected chi connectivity index (χ4v) is 2.97. The van der Waals surface area contributed by atoms with Crippen molar-refractivity contribution in [3.05, 3.63) is 41.3 Å². The van der Waals surface area contributed by atoms with Gasteiger partial charge in [0, 0.05) is 17.7 Å². The van der Waals surface area contributed by atoms with Gasteiger partial charge in [-0.05, 0) is 18.6 Å². The van der Waals surface area contributed by atoms with Crippen molar-refractivity contribution in [2.24, 2.45) is 0 Å². The van der Waals surface area contributed by atoms with Gasteiger partial charge in [0.2, 0.25) is 5.91 Å². The summed E-state index contributed by atoms with van der Waals surface area (Å²) in [5, 5.41) is 10.0. The van der Waals surface area contributed by atoms with Gasteiger partial charge in [-0.3, -0.25) is 9.89 Å². The average Bonchev–Trinajstić information content (AvgIpc) is 3.09. The molecule has 1 atom stereocenters. The van der Waals surface area contributed by atoms with Gasteiger partial charge in [-0.1, -0.05) is 19.1 Å². The van der Waals surface area contributed by atoms with Crippen LogP contribution in [0.5, 0.6) is 0 Å². The molecule has 4 rings (SSSR count). The second kappa shape index (κ2) is 4.44. The van der Waals surface area contributed by atoms with Crippen LogP contribution in [0.3, 0.4) is 0 Å². The zero-order valence-corrected chi connectivity index (χ0v) is 11.6. The number of para-hydroxylation sites is 2. The molecular weight excluding hydrogens is 266 g/mol. The lowest BCUT2D eigenvalue weighted by molar-refractivity contribution is -0.116. The largest absolute Gasteiger partial charge is 0.341 e. The number of imidazole rings is 1. The van der Waals surface area contributed by atoms with Crippen LogP contribution in [-0.4, -0.2) is 26.1 Å². The van der Waals surface area contributed by atoms with Gasteiger partial charge in [0.1, 0.15) is 5.82 Å². The minimum absolute atomic E-state index is 0.0258. The Morgan fingerprint density at radius 2 is 2.19 bits per heavy atom. The molecule has 1 amide bonds. The average molecular weight is 281 g/mol. The lowest BCUT2D eigenvalue weighted by Crippen LogP contribution is -2.24. The molecule has 21 heavy (non-hydrogen) atoms. The fraction of sp³-hybridized carbons (Fsp3) is 0.267. The van der Waals surface area contributed by atoms with Crippen molar-refractivity contribution in [2.75, 3.05) is 5.32 Å². The van der Waals surface area contributed by atoms with E-state index in [1.165, 1.54) is 0 Å². The van der Waals surface area contributed by atoms with Crippen LogP contribution in [0.1, 0.15) is 36.3 Å². The lowest BCUT2D eigenvalue weighted by Gasteiger charge is -2.21. The Morgan fingerprint density at radius 1 is 1.33 bits per heavy atom. The maximum absolute atomic E-state index is 11.9. The zero-order valence-electron chi connectivity index (χ0n) is 11.6. The predicted octanol–water partition coefficient (Wildman–Crippen LogP) is 2.32. The third-order valence-electron chi connectivity index (χ3n) is 3.97. The second-order valence-electron chi connectivity index (χ2n) is 5.26. The Kier molecular flexibility index (Phi) is 2.57. The standard InChI is InChI=1S/C15H15N5O/c1-2-9-13-8(7-12(21)18-15(13)20-19-9)14-16-10-5-3-4-6-11(10)17-14/h3-6,8H,2,7H2,1H3,(H,16,17)(H2,18,19,20,21). The van der Waals surface area contributed by atoms with Gasteiger partial charge in [-0.15, -0.1) is 0 Å². The number of H-pyrrole nitrogens is 2. The first kappa shape index (κ1) is 12.1. The monoisotopic (exact) mass is 281 g/mol. The lowest BCUT2D eigenvalue weighted by atomic mass is 9.90. The summed E-state index contributed by atoms with van der Waals surface area (Å²) in [6.07, 6.45) is 1.23. The number of hydrogen-bond acceptors (Lipinski definition) is 3. The highest BCUT2D eigenvalue weighted by Crippen LogP contribution is 2.37. The van der Waals surface area contributed by atoms with E-state index in [1.54, 1.807) is 0 Å². The summed E-state index contributed by atoms with van der Waals surface area (Å²) in [5.41, 5.74) is 4.01. The maximum atomic E-state index is 11.9. The van der Waals surface area contributed by atoms with Crippen molar-refractivity contribution in [3.8, 4) is 0 Å². The number of aryl methyl sites for hydroxylation is 1. The smallest absolute Gasteiger partial charge is 0.226 e. The summed E-state index contributed by atoms with van der Waals surface area (Å²) in [5.74, 6) is 1.36. The van der Waals surface area contributed by atoms with Gasteiger partial charge in [0.25, 0.3) is 0 Å².